The van der Waals surface area contributed by atoms with Gasteiger partial charge in [-0.25, -0.2) is 4.98 Å². The first-order chi connectivity index (χ1) is 10.3. The molecular formula is C16H20N2O3. The summed E-state index contributed by atoms with van der Waals surface area (Å²) in [5, 5.41) is 11.4. The predicted molar refractivity (Wildman–Crippen MR) is 82.1 cm³/mol. The van der Waals surface area contributed by atoms with Gasteiger partial charge in [0.2, 0.25) is 6.79 Å². The Labute approximate surface area is 124 Å². The molecule has 5 heteroatoms. The largest absolute Gasteiger partial charge is 0.454 e. The van der Waals surface area contributed by atoms with E-state index in [1.807, 2.05) is 18.2 Å². The summed E-state index contributed by atoms with van der Waals surface area (Å²) in [5.74, 6) is 2.44. The van der Waals surface area contributed by atoms with Gasteiger partial charge >= 0.3 is 0 Å². The normalized spacial score (nSPS) is 12.9. The summed E-state index contributed by atoms with van der Waals surface area (Å²) >= 11 is 0. The van der Waals surface area contributed by atoms with E-state index in [9.17, 15) is 5.11 Å². The number of pyridine rings is 1. The lowest BCUT2D eigenvalue weighted by molar-refractivity contribution is 0.174. The van der Waals surface area contributed by atoms with Crippen molar-refractivity contribution >= 4 is 16.6 Å². The lowest BCUT2D eigenvalue weighted by atomic mass is 10.1. The minimum atomic E-state index is 0.117. The van der Waals surface area contributed by atoms with Crippen LogP contribution < -0.4 is 14.4 Å². The first-order valence-electron chi connectivity index (χ1n) is 7.37. The average molecular weight is 288 g/mol. The van der Waals surface area contributed by atoms with Crippen LogP contribution in [-0.4, -0.2) is 36.6 Å². The second-order valence-electron chi connectivity index (χ2n) is 5.13. The molecule has 112 valence electrons. The first kappa shape index (κ1) is 13.9. The summed E-state index contributed by atoms with van der Waals surface area (Å²) < 4.78 is 10.9. The maximum absolute atomic E-state index is 9.31. The molecule has 2 heterocycles. The van der Waals surface area contributed by atoms with Crippen LogP contribution in [0.1, 0.15) is 19.8 Å². The second-order valence-corrected chi connectivity index (χ2v) is 5.13. The molecule has 0 saturated carbocycles. The van der Waals surface area contributed by atoms with E-state index in [-0.39, 0.29) is 13.4 Å². The molecule has 3 rings (SSSR count). The van der Waals surface area contributed by atoms with E-state index in [1.165, 1.54) is 0 Å². The van der Waals surface area contributed by atoms with Gasteiger partial charge in [-0.05, 0) is 30.0 Å². The van der Waals surface area contributed by atoms with Crippen LogP contribution in [0, 0.1) is 0 Å². The molecule has 1 N–H and O–H groups in total. The highest BCUT2D eigenvalue weighted by Crippen LogP contribution is 2.38. The lowest BCUT2D eigenvalue weighted by Gasteiger charge is -2.24. The molecule has 0 aliphatic carbocycles. The highest BCUT2D eigenvalue weighted by molar-refractivity contribution is 5.94. The quantitative estimate of drug-likeness (QED) is 0.885. The summed E-state index contributed by atoms with van der Waals surface area (Å²) in [5.41, 5.74) is 0. The van der Waals surface area contributed by atoms with Gasteiger partial charge in [-0.1, -0.05) is 13.3 Å². The van der Waals surface area contributed by atoms with Crippen molar-refractivity contribution in [3.8, 4) is 11.5 Å². The van der Waals surface area contributed by atoms with Crippen LogP contribution >= 0.6 is 0 Å². The van der Waals surface area contributed by atoms with E-state index in [2.05, 4.69) is 16.8 Å². The molecule has 0 saturated heterocycles. The Balaban J connectivity index is 2.03. The third kappa shape index (κ3) is 2.74. The summed E-state index contributed by atoms with van der Waals surface area (Å²) in [7, 11) is 0. The van der Waals surface area contributed by atoms with Gasteiger partial charge in [0.15, 0.2) is 11.5 Å². The van der Waals surface area contributed by atoms with Crippen LogP contribution in [0.5, 0.6) is 11.5 Å². The van der Waals surface area contributed by atoms with Gasteiger partial charge in [0.1, 0.15) is 5.82 Å². The van der Waals surface area contributed by atoms with Crippen molar-refractivity contribution in [2.45, 2.75) is 19.8 Å². The van der Waals surface area contributed by atoms with Crippen LogP contribution in [0.3, 0.4) is 0 Å². The smallest absolute Gasteiger partial charge is 0.231 e. The van der Waals surface area contributed by atoms with E-state index in [0.717, 1.165) is 47.5 Å². The fraction of sp³-hybridized carbons (Fsp3) is 0.438. The summed E-state index contributed by atoms with van der Waals surface area (Å²) in [6.07, 6.45) is 3.98. The lowest BCUT2D eigenvalue weighted by Crippen LogP contribution is -2.28. The number of aliphatic hydroxyl groups is 1. The van der Waals surface area contributed by atoms with E-state index < -0.39 is 0 Å². The number of nitrogens with zero attached hydrogens (tertiary/aromatic N) is 2. The third-order valence-corrected chi connectivity index (χ3v) is 3.69. The Bertz CT molecular complexity index is 630. The van der Waals surface area contributed by atoms with Crippen LogP contribution in [0.15, 0.2) is 24.4 Å². The van der Waals surface area contributed by atoms with Crippen molar-refractivity contribution in [1.82, 2.24) is 4.98 Å². The number of rotatable bonds is 6. The van der Waals surface area contributed by atoms with E-state index >= 15 is 0 Å². The zero-order valence-electron chi connectivity index (χ0n) is 12.2. The number of hydrogen-bond donors (Lipinski definition) is 1. The van der Waals surface area contributed by atoms with E-state index in [0.29, 0.717) is 6.54 Å². The molecule has 0 bridgehead atoms. The molecule has 1 aromatic carbocycles. The number of ether oxygens (including phenoxy) is 2. The molecule has 1 aliphatic rings. The number of fused-ring (bicyclic) bond motifs is 2. The minimum absolute atomic E-state index is 0.117. The standard InChI is InChI=1S/C16H20N2O3/c1-2-3-6-18(7-8-19)16-13-10-15-14(20-11-21-15)9-12(13)4-5-17-16/h4-5,9-10,19H,2-3,6-8,11H2,1H3. The Kier molecular flexibility index (Phi) is 4.10. The third-order valence-electron chi connectivity index (χ3n) is 3.69. The molecule has 2 aromatic rings. The number of anilines is 1. The number of aliphatic hydroxyl groups excluding tert-OH is 1. The molecule has 0 amide bonds. The zero-order chi connectivity index (χ0) is 14.7. The molecule has 0 atom stereocenters. The molecule has 0 unspecified atom stereocenters. The highest BCUT2D eigenvalue weighted by atomic mass is 16.7. The van der Waals surface area contributed by atoms with Crippen molar-refractivity contribution in [3.05, 3.63) is 24.4 Å². The van der Waals surface area contributed by atoms with Gasteiger partial charge in [0.25, 0.3) is 0 Å². The molecule has 0 spiro atoms. The van der Waals surface area contributed by atoms with Crippen molar-refractivity contribution in [3.63, 3.8) is 0 Å². The van der Waals surface area contributed by atoms with Gasteiger partial charge in [-0.2, -0.15) is 0 Å². The second kappa shape index (κ2) is 6.18. The fourth-order valence-electron chi connectivity index (χ4n) is 2.59. The van der Waals surface area contributed by atoms with Gasteiger partial charge in [-0.15, -0.1) is 0 Å². The topological polar surface area (TPSA) is 54.8 Å². The number of benzene rings is 1. The monoisotopic (exact) mass is 288 g/mol. The van der Waals surface area contributed by atoms with E-state index in [4.69, 9.17) is 9.47 Å². The highest BCUT2D eigenvalue weighted by Gasteiger charge is 2.18. The van der Waals surface area contributed by atoms with Crippen molar-refractivity contribution < 1.29 is 14.6 Å². The first-order valence-corrected chi connectivity index (χ1v) is 7.37. The Morgan fingerprint density at radius 3 is 2.81 bits per heavy atom. The number of unbranched alkanes of at least 4 members (excludes halogenated alkanes) is 1. The Hall–Kier alpha value is -2.01. The summed E-state index contributed by atoms with van der Waals surface area (Å²) in [6, 6.07) is 5.94. The van der Waals surface area contributed by atoms with Gasteiger partial charge in [0, 0.05) is 24.7 Å². The Morgan fingerprint density at radius 1 is 1.24 bits per heavy atom. The zero-order valence-corrected chi connectivity index (χ0v) is 12.2. The van der Waals surface area contributed by atoms with Crippen LogP contribution in [0.2, 0.25) is 0 Å². The van der Waals surface area contributed by atoms with Crippen molar-refractivity contribution in [2.75, 3.05) is 31.4 Å². The molecule has 1 aliphatic heterocycles. The van der Waals surface area contributed by atoms with Gasteiger partial charge < -0.3 is 19.5 Å². The Morgan fingerprint density at radius 2 is 2.05 bits per heavy atom. The maximum Gasteiger partial charge on any atom is 0.231 e. The molecule has 0 fully saturated rings. The molecular weight excluding hydrogens is 268 g/mol. The number of hydrogen-bond acceptors (Lipinski definition) is 5. The van der Waals surface area contributed by atoms with Crippen LogP contribution in [0.4, 0.5) is 5.82 Å². The average Bonchev–Trinajstić information content (AvgIpc) is 2.96. The SMILES string of the molecule is CCCCN(CCO)c1nccc2cc3c(cc12)OCO3. The van der Waals surface area contributed by atoms with Crippen molar-refractivity contribution in [2.24, 2.45) is 0 Å². The van der Waals surface area contributed by atoms with Gasteiger partial charge in [0.05, 0.1) is 6.61 Å². The van der Waals surface area contributed by atoms with Gasteiger partial charge in [-0.3, -0.25) is 0 Å². The molecule has 21 heavy (non-hydrogen) atoms. The molecule has 5 nitrogen and oxygen atoms in total. The van der Waals surface area contributed by atoms with Crippen LogP contribution in [-0.2, 0) is 0 Å². The number of aromatic nitrogens is 1. The molecule has 1 aromatic heterocycles. The summed E-state index contributed by atoms with van der Waals surface area (Å²) in [4.78, 5) is 6.66. The fourth-order valence-corrected chi connectivity index (χ4v) is 2.59. The van der Waals surface area contributed by atoms with E-state index in [1.54, 1.807) is 6.20 Å². The molecule has 0 radical (unpaired) electrons. The predicted octanol–water partition coefficient (Wildman–Crippen LogP) is 2.56. The van der Waals surface area contributed by atoms with Crippen LogP contribution in [0.25, 0.3) is 10.8 Å². The minimum Gasteiger partial charge on any atom is -0.454 e. The van der Waals surface area contributed by atoms with Crippen molar-refractivity contribution in [1.29, 1.82) is 0 Å². The summed E-state index contributed by atoms with van der Waals surface area (Å²) in [6.45, 7) is 4.01. The maximum atomic E-state index is 9.31.